The van der Waals surface area contributed by atoms with Crippen LogP contribution in [0.15, 0.2) is 6.07 Å². The number of hydrogen-bond donors (Lipinski definition) is 0. The fourth-order valence-corrected chi connectivity index (χ4v) is 2.68. The fourth-order valence-electron chi connectivity index (χ4n) is 2.68. The van der Waals surface area contributed by atoms with Crippen molar-refractivity contribution in [3.05, 3.63) is 17.5 Å². The summed E-state index contributed by atoms with van der Waals surface area (Å²) in [5, 5.41) is 4.61. The van der Waals surface area contributed by atoms with E-state index in [4.69, 9.17) is 4.74 Å². The minimum atomic E-state index is -0.302. The summed E-state index contributed by atoms with van der Waals surface area (Å²) < 4.78 is 6.87. The highest BCUT2D eigenvalue weighted by Crippen LogP contribution is 2.39. The lowest BCUT2D eigenvalue weighted by Gasteiger charge is -2.27. The first-order valence-corrected chi connectivity index (χ1v) is 7.67. The number of nitrogens with zero attached hydrogens (tertiary/aromatic N) is 3. The SMILES string of the molecule is CCOC(=O)CCC(=O)N1CCn2nc(C3CC3)cc2C1. The number of hydrogen-bond acceptors (Lipinski definition) is 4. The Hall–Kier alpha value is -1.85. The third-order valence-corrected chi connectivity index (χ3v) is 4.01. The second kappa shape index (κ2) is 5.87. The van der Waals surface area contributed by atoms with Gasteiger partial charge in [0.15, 0.2) is 0 Å². The molecule has 3 rings (SSSR count). The Morgan fingerprint density at radius 1 is 1.33 bits per heavy atom. The van der Waals surface area contributed by atoms with Crippen LogP contribution in [-0.2, 0) is 27.4 Å². The van der Waals surface area contributed by atoms with E-state index in [9.17, 15) is 9.59 Å². The van der Waals surface area contributed by atoms with Crippen LogP contribution >= 0.6 is 0 Å². The van der Waals surface area contributed by atoms with Crippen LogP contribution in [-0.4, -0.2) is 39.7 Å². The van der Waals surface area contributed by atoms with E-state index in [1.807, 2.05) is 9.58 Å². The maximum absolute atomic E-state index is 12.2. The first-order chi connectivity index (χ1) is 10.2. The quantitative estimate of drug-likeness (QED) is 0.770. The normalized spacial score (nSPS) is 17.5. The van der Waals surface area contributed by atoms with Gasteiger partial charge in [-0.3, -0.25) is 14.3 Å². The number of rotatable bonds is 5. The molecule has 6 heteroatoms. The van der Waals surface area contributed by atoms with Crippen LogP contribution in [0.3, 0.4) is 0 Å². The Kier molecular flexibility index (Phi) is 3.94. The summed E-state index contributed by atoms with van der Waals surface area (Å²) in [4.78, 5) is 25.3. The summed E-state index contributed by atoms with van der Waals surface area (Å²) in [6.07, 6.45) is 2.86. The van der Waals surface area contributed by atoms with Crippen LogP contribution in [0.2, 0.25) is 0 Å². The predicted octanol–water partition coefficient (Wildman–Crippen LogP) is 1.45. The number of fused-ring (bicyclic) bond motifs is 1. The standard InChI is InChI=1S/C15H21N3O3/c1-2-21-15(20)6-5-14(19)17-7-8-18-12(10-17)9-13(16-18)11-3-4-11/h9,11H,2-8,10H2,1H3. The molecule has 0 bridgehead atoms. The van der Waals surface area contributed by atoms with E-state index in [-0.39, 0.29) is 24.7 Å². The zero-order chi connectivity index (χ0) is 14.8. The van der Waals surface area contributed by atoms with Crippen LogP contribution < -0.4 is 0 Å². The van der Waals surface area contributed by atoms with E-state index in [0.29, 0.717) is 25.6 Å². The number of ether oxygens (including phenoxy) is 1. The van der Waals surface area contributed by atoms with Gasteiger partial charge in [0.05, 0.1) is 37.5 Å². The van der Waals surface area contributed by atoms with Crippen LogP contribution in [0.25, 0.3) is 0 Å². The van der Waals surface area contributed by atoms with Crippen molar-refractivity contribution in [1.29, 1.82) is 0 Å². The number of esters is 1. The largest absolute Gasteiger partial charge is 0.466 e. The highest BCUT2D eigenvalue weighted by molar-refractivity contribution is 5.81. The minimum Gasteiger partial charge on any atom is -0.466 e. The summed E-state index contributed by atoms with van der Waals surface area (Å²) in [5.74, 6) is 0.350. The molecule has 114 valence electrons. The van der Waals surface area contributed by atoms with Gasteiger partial charge in [0, 0.05) is 18.9 Å². The third-order valence-electron chi connectivity index (χ3n) is 4.01. The lowest BCUT2D eigenvalue weighted by Crippen LogP contribution is -2.38. The molecule has 1 aliphatic carbocycles. The first kappa shape index (κ1) is 14.1. The number of aromatic nitrogens is 2. The van der Waals surface area contributed by atoms with Crippen molar-refractivity contribution in [3.63, 3.8) is 0 Å². The van der Waals surface area contributed by atoms with E-state index < -0.39 is 0 Å². The molecule has 0 N–H and O–H groups in total. The summed E-state index contributed by atoms with van der Waals surface area (Å²) >= 11 is 0. The van der Waals surface area contributed by atoms with Crippen LogP contribution in [0.5, 0.6) is 0 Å². The van der Waals surface area contributed by atoms with Crippen LogP contribution in [0.4, 0.5) is 0 Å². The van der Waals surface area contributed by atoms with Crippen LogP contribution in [0, 0.1) is 0 Å². The fraction of sp³-hybridized carbons (Fsp3) is 0.667. The van der Waals surface area contributed by atoms with Crippen molar-refractivity contribution in [1.82, 2.24) is 14.7 Å². The molecule has 21 heavy (non-hydrogen) atoms. The number of carbonyl (C=O) groups is 2. The van der Waals surface area contributed by atoms with E-state index in [0.717, 1.165) is 12.2 Å². The molecule has 2 aliphatic rings. The zero-order valence-electron chi connectivity index (χ0n) is 12.4. The average molecular weight is 291 g/mol. The summed E-state index contributed by atoms with van der Waals surface area (Å²) in [7, 11) is 0. The maximum Gasteiger partial charge on any atom is 0.306 e. The van der Waals surface area contributed by atoms with Gasteiger partial charge in [-0.25, -0.2) is 0 Å². The van der Waals surface area contributed by atoms with Gasteiger partial charge in [0.2, 0.25) is 5.91 Å². The van der Waals surface area contributed by atoms with Gasteiger partial charge in [-0.05, 0) is 25.8 Å². The minimum absolute atomic E-state index is 0.0171. The molecular formula is C15H21N3O3. The number of carbonyl (C=O) groups excluding carboxylic acids is 2. The lowest BCUT2D eigenvalue weighted by atomic mass is 10.2. The van der Waals surface area contributed by atoms with Gasteiger partial charge in [-0.15, -0.1) is 0 Å². The van der Waals surface area contributed by atoms with E-state index in [1.165, 1.54) is 18.5 Å². The van der Waals surface area contributed by atoms with Gasteiger partial charge in [0.1, 0.15) is 0 Å². The lowest BCUT2D eigenvalue weighted by molar-refractivity contribution is -0.146. The Balaban J connectivity index is 1.55. The Morgan fingerprint density at radius 3 is 2.86 bits per heavy atom. The molecule has 0 unspecified atom stereocenters. The molecule has 1 aromatic rings. The molecule has 0 saturated heterocycles. The number of amides is 1. The van der Waals surface area contributed by atoms with Crippen molar-refractivity contribution in [2.45, 2.75) is 51.6 Å². The van der Waals surface area contributed by atoms with Gasteiger partial charge < -0.3 is 9.64 Å². The van der Waals surface area contributed by atoms with Crippen molar-refractivity contribution in [2.75, 3.05) is 13.2 Å². The predicted molar refractivity (Wildman–Crippen MR) is 75.5 cm³/mol. The summed E-state index contributed by atoms with van der Waals surface area (Å²) in [6.45, 7) is 4.14. The van der Waals surface area contributed by atoms with E-state index >= 15 is 0 Å². The molecule has 1 aromatic heterocycles. The summed E-state index contributed by atoms with van der Waals surface area (Å²) in [5.41, 5.74) is 2.28. The molecule has 0 atom stereocenters. The second-order valence-corrected chi connectivity index (χ2v) is 5.68. The molecule has 0 radical (unpaired) electrons. The molecule has 0 spiro atoms. The monoisotopic (exact) mass is 291 g/mol. The van der Waals surface area contributed by atoms with Gasteiger partial charge in [-0.2, -0.15) is 5.10 Å². The van der Waals surface area contributed by atoms with Gasteiger partial charge >= 0.3 is 5.97 Å². The topological polar surface area (TPSA) is 64.4 Å². The Bertz CT molecular complexity index is 548. The Morgan fingerprint density at radius 2 is 2.14 bits per heavy atom. The molecule has 6 nitrogen and oxygen atoms in total. The molecular weight excluding hydrogens is 270 g/mol. The second-order valence-electron chi connectivity index (χ2n) is 5.68. The van der Waals surface area contributed by atoms with Gasteiger partial charge in [-0.1, -0.05) is 0 Å². The smallest absolute Gasteiger partial charge is 0.306 e. The molecule has 1 amide bonds. The van der Waals surface area contributed by atoms with Crippen LogP contribution in [0.1, 0.15) is 49.9 Å². The molecule has 1 aliphatic heterocycles. The molecule has 1 saturated carbocycles. The molecule has 2 heterocycles. The maximum atomic E-state index is 12.2. The van der Waals surface area contributed by atoms with Gasteiger partial charge in [0.25, 0.3) is 0 Å². The Labute approximate surface area is 124 Å². The highest BCUT2D eigenvalue weighted by atomic mass is 16.5. The van der Waals surface area contributed by atoms with Crippen molar-refractivity contribution in [2.24, 2.45) is 0 Å². The van der Waals surface area contributed by atoms with Crippen molar-refractivity contribution < 1.29 is 14.3 Å². The summed E-state index contributed by atoms with van der Waals surface area (Å²) in [6, 6.07) is 2.13. The molecule has 0 aromatic carbocycles. The van der Waals surface area contributed by atoms with E-state index in [2.05, 4.69) is 11.2 Å². The highest BCUT2D eigenvalue weighted by Gasteiger charge is 2.29. The third kappa shape index (κ3) is 3.25. The van der Waals surface area contributed by atoms with Crippen molar-refractivity contribution >= 4 is 11.9 Å². The zero-order valence-corrected chi connectivity index (χ0v) is 12.4. The van der Waals surface area contributed by atoms with E-state index in [1.54, 1.807) is 6.92 Å². The average Bonchev–Trinajstić information content (AvgIpc) is 3.24. The molecule has 1 fully saturated rings. The first-order valence-electron chi connectivity index (χ1n) is 7.67. The van der Waals surface area contributed by atoms with Crippen molar-refractivity contribution in [3.8, 4) is 0 Å².